The van der Waals surface area contributed by atoms with Crippen LogP contribution in [-0.4, -0.2) is 49.8 Å². The molecule has 0 saturated heterocycles. The van der Waals surface area contributed by atoms with Crippen molar-refractivity contribution in [3.05, 3.63) is 75.7 Å². The van der Waals surface area contributed by atoms with Gasteiger partial charge < -0.3 is 19.5 Å². The lowest BCUT2D eigenvalue weighted by Gasteiger charge is -2.34. The van der Waals surface area contributed by atoms with Crippen molar-refractivity contribution in [3.8, 4) is 11.5 Å². The van der Waals surface area contributed by atoms with E-state index in [-0.39, 0.29) is 17.1 Å². The third-order valence-corrected chi connectivity index (χ3v) is 6.51. The molecule has 0 amide bonds. The number of hydrogen-bond donors (Lipinski definition) is 1. The fourth-order valence-electron chi connectivity index (χ4n) is 4.88. The number of fused-ring (bicyclic) bond motifs is 3. The van der Waals surface area contributed by atoms with Gasteiger partial charge in [0.15, 0.2) is 29.2 Å². The Morgan fingerprint density at radius 2 is 1.89 bits per heavy atom. The highest BCUT2D eigenvalue weighted by molar-refractivity contribution is 5.85. The van der Waals surface area contributed by atoms with Crippen LogP contribution in [0, 0.1) is 0 Å². The first kappa shape index (κ1) is 24.8. The molecule has 1 aliphatic carbocycles. The van der Waals surface area contributed by atoms with Gasteiger partial charge in [0, 0.05) is 18.2 Å². The maximum absolute atomic E-state index is 6.09. The van der Waals surface area contributed by atoms with E-state index in [1.165, 1.54) is 5.57 Å². The monoisotopic (exact) mass is 497 g/mol. The number of rotatable bonds is 8. The van der Waals surface area contributed by atoms with E-state index in [4.69, 9.17) is 19.0 Å². The minimum atomic E-state index is 0. The normalized spacial score (nSPS) is 19.5. The summed E-state index contributed by atoms with van der Waals surface area (Å²) in [4.78, 5) is 6.09. The maximum Gasteiger partial charge on any atom is 0.335 e. The van der Waals surface area contributed by atoms with E-state index in [2.05, 4.69) is 33.7 Å². The van der Waals surface area contributed by atoms with Crippen LogP contribution in [0.2, 0.25) is 0 Å². The van der Waals surface area contributed by atoms with Gasteiger partial charge in [-0.25, -0.2) is 0 Å². The molecule has 1 unspecified atom stereocenters. The number of aromatic nitrogens is 2. The van der Waals surface area contributed by atoms with Crippen LogP contribution in [0.3, 0.4) is 0 Å². The highest BCUT2D eigenvalue weighted by Gasteiger charge is 2.49. The molecule has 0 radical (unpaired) electrons. The predicted octanol–water partition coefficient (Wildman–Crippen LogP) is 2.96. The van der Waals surface area contributed by atoms with Gasteiger partial charge in [-0.2, -0.15) is 9.94 Å². The molecule has 3 aliphatic rings. The molecular formula is C26H30ClN4O4+. The Balaban J connectivity index is 0.00000289. The highest BCUT2D eigenvalue weighted by Crippen LogP contribution is 2.43. The molecule has 1 N–H and O–H groups in total. The van der Waals surface area contributed by atoms with E-state index in [1.807, 2.05) is 24.4 Å². The van der Waals surface area contributed by atoms with Crippen molar-refractivity contribution < 1.29 is 23.7 Å². The lowest BCUT2D eigenvalue weighted by molar-refractivity contribution is -0.962. The average molecular weight is 498 g/mol. The molecule has 9 heteroatoms. The Hall–Kier alpha value is -3.33. The lowest BCUT2D eigenvalue weighted by atomic mass is 9.91. The molecule has 184 valence electrons. The van der Waals surface area contributed by atoms with Crippen molar-refractivity contribution >= 4 is 30.1 Å². The number of nitrogens with zero attached hydrogens (tertiary/aromatic N) is 3. The van der Waals surface area contributed by atoms with Gasteiger partial charge in [0.2, 0.25) is 0 Å². The summed E-state index contributed by atoms with van der Waals surface area (Å²) in [5.74, 6) is 2.89. The van der Waals surface area contributed by atoms with Crippen molar-refractivity contribution in [1.82, 2.24) is 10.2 Å². The predicted molar refractivity (Wildman–Crippen MR) is 136 cm³/mol. The SMILES string of the molecule is COC1=CC2=C(C=CCC2)C2=c3c(NCCc4ccc(OC)c(OC)c4)nncc3=C[N+]12OC.Cl. The third-order valence-electron chi connectivity index (χ3n) is 6.51. The number of hydroxylamine groups is 3. The van der Waals surface area contributed by atoms with Crippen molar-refractivity contribution in [3.63, 3.8) is 0 Å². The second-order valence-electron chi connectivity index (χ2n) is 8.27. The van der Waals surface area contributed by atoms with Crippen molar-refractivity contribution in [2.24, 2.45) is 0 Å². The fraction of sp³-hybridized carbons (Fsp3) is 0.308. The van der Waals surface area contributed by atoms with Gasteiger partial charge >= 0.3 is 5.88 Å². The summed E-state index contributed by atoms with van der Waals surface area (Å²) in [6.45, 7) is 0.676. The zero-order valence-electron chi connectivity index (χ0n) is 20.3. The number of benzene rings is 1. The van der Waals surface area contributed by atoms with Crippen LogP contribution < -0.4 is 25.2 Å². The molecule has 0 fully saturated rings. The van der Waals surface area contributed by atoms with E-state index in [0.29, 0.717) is 6.54 Å². The first-order chi connectivity index (χ1) is 16.6. The summed E-state index contributed by atoms with van der Waals surface area (Å²) in [5, 5.41) is 14.2. The summed E-state index contributed by atoms with van der Waals surface area (Å²) < 4.78 is 16.6. The molecular weight excluding hydrogens is 468 g/mol. The van der Waals surface area contributed by atoms with Crippen LogP contribution in [0.15, 0.2) is 59.7 Å². The largest absolute Gasteiger partial charge is 0.493 e. The van der Waals surface area contributed by atoms with Gasteiger partial charge in [-0.3, -0.25) is 0 Å². The topological polar surface area (TPSA) is 74.7 Å². The smallest absolute Gasteiger partial charge is 0.335 e. The number of ether oxygens (including phenoxy) is 3. The summed E-state index contributed by atoms with van der Waals surface area (Å²) in [6.07, 6.45) is 13.0. The number of allylic oxidation sites excluding steroid dienone is 3. The van der Waals surface area contributed by atoms with Gasteiger partial charge in [0.05, 0.1) is 45.1 Å². The summed E-state index contributed by atoms with van der Waals surface area (Å²) in [5.41, 5.74) is 4.54. The molecule has 0 spiro atoms. The molecule has 8 nitrogen and oxygen atoms in total. The summed E-state index contributed by atoms with van der Waals surface area (Å²) in [7, 11) is 6.66. The van der Waals surface area contributed by atoms with Crippen LogP contribution in [0.5, 0.6) is 11.5 Å². The molecule has 0 bridgehead atoms. The Kier molecular flexibility index (Phi) is 7.16. The Morgan fingerprint density at radius 1 is 1.06 bits per heavy atom. The van der Waals surface area contributed by atoms with Gasteiger partial charge in [0.1, 0.15) is 0 Å². The standard InChI is InChI=1S/C26H29N4O4.ClH/c1-31-21-10-9-17(13-22(21)32-2)11-12-27-26-24-19(15-28-29-26)16-30(34-4)23(33-3)14-18-7-5-6-8-20(18)25(24)30;/h6,8-10,13-16H,5,7,11-12H2,1-4H3,(H,27,29);1H/q+1;. The first-order valence-electron chi connectivity index (χ1n) is 11.3. The lowest BCUT2D eigenvalue weighted by Crippen LogP contribution is -2.42. The number of quaternary nitrogens is 1. The molecule has 1 aromatic carbocycles. The maximum atomic E-state index is 6.09. The van der Waals surface area contributed by atoms with Crippen molar-refractivity contribution in [2.45, 2.75) is 19.3 Å². The van der Waals surface area contributed by atoms with Gasteiger partial charge in [-0.1, -0.05) is 22.9 Å². The Morgan fingerprint density at radius 3 is 2.63 bits per heavy atom. The van der Waals surface area contributed by atoms with E-state index in [1.54, 1.807) is 34.6 Å². The van der Waals surface area contributed by atoms with E-state index >= 15 is 0 Å². The summed E-state index contributed by atoms with van der Waals surface area (Å²) >= 11 is 0. The van der Waals surface area contributed by atoms with Crippen LogP contribution in [0.4, 0.5) is 5.82 Å². The van der Waals surface area contributed by atoms with Crippen LogP contribution in [-0.2, 0) is 16.0 Å². The minimum Gasteiger partial charge on any atom is -0.493 e. The molecule has 5 rings (SSSR count). The molecule has 1 aromatic heterocycles. The zero-order chi connectivity index (χ0) is 23.7. The molecule has 3 heterocycles. The van der Waals surface area contributed by atoms with E-state index in [9.17, 15) is 0 Å². The second kappa shape index (κ2) is 10.1. The molecule has 1 atom stereocenters. The van der Waals surface area contributed by atoms with Crippen molar-refractivity contribution in [2.75, 3.05) is 40.3 Å². The quantitative estimate of drug-likeness (QED) is 0.562. The number of halogens is 1. The van der Waals surface area contributed by atoms with E-state index < -0.39 is 0 Å². The molecule has 2 aromatic rings. The van der Waals surface area contributed by atoms with Crippen LogP contribution >= 0.6 is 12.4 Å². The third kappa shape index (κ3) is 4.07. The minimum absolute atomic E-state index is 0. The van der Waals surface area contributed by atoms with E-state index in [0.717, 1.165) is 69.7 Å². The number of hydrogen-bond acceptors (Lipinski definition) is 7. The number of nitrogens with one attached hydrogen (secondary N) is 1. The second-order valence-corrected chi connectivity index (χ2v) is 8.27. The average Bonchev–Trinajstić information content (AvgIpc) is 3.24. The fourth-order valence-corrected chi connectivity index (χ4v) is 4.88. The highest BCUT2D eigenvalue weighted by atomic mass is 35.5. The Bertz CT molecular complexity index is 1350. The molecule has 35 heavy (non-hydrogen) atoms. The number of methoxy groups -OCH3 is 3. The summed E-state index contributed by atoms with van der Waals surface area (Å²) in [6, 6.07) is 5.96. The molecule has 0 saturated carbocycles. The Labute approximate surface area is 210 Å². The van der Waals surface area contributed by atoms with Crippen molar-refractivity contribution in [1.29, 1.82) is 0 Å². The van der Waals surface area contributed by atoms with Crippen LogP contribution in [0.1, 0.15) is 18.4 Å². The molecule has 2 aliphatic heterocycles. The van der Waals surface area contributed by atoms with Crippen LogP contribution in [0.25, 0.3) is 11.9 Å². The van der Waals surface area contributed by atoms with Gasteiger partial charge in [0.25, 0.3) is 0 Å². The van der Waals surface area contributed by atoms with Gasteiger partial charge in [-0.15, -0.1) is 17.5 Å². The van der Waals surface area contributed by atoms with Gasteiger partial charge in [-0.05, 0) is 42.5 Å². The first-order valence-corrected chi connectivity index (χ1v) is 11.3. The zero-order valence-corrected chi connectivity index (χ0v) is 21.1. The number of anilines is 1.